The molecule has 0 saturated carbocycles. The van der Waals surface area contributed by atoms with E-state index in [1.165, 1.54) is 5.56 Å². The second-order valence-electron chi connectivity index (χ2n) is 5.76. The number of hydrogen-bond donors (Lipinski definition) is 0. The van der Waals surface area contributed by atoms with Crippen molar-refractivity contribution in [2.24, 2.45) is 0 Å². The highest BCUT2D eigenvalue weighted by Crippen LogP contribution is 2.20. The topological polar surface area (TPSA) is 27.7 Å². The van der Waals surface area contributed by atoms with Gasteiger partial charge in [0, 0.05) is 13.5 Å². The van der Waals surface area contributed by atoms with E-state index in [4.69, 9.17) is 14.2 Å². The molecular weight excluding hydrogens is 288 g/mol. The standard InChI is InChI=1S/C20H30O3/c1-6-11-22-14-16(2)19-8-7-9-20(13-19)17(3)15-23-12-10-18(4)21-5/h7-9,13-15,18H,6,10-12H2,1-5H3/b16-14+,17-15+. The molecule has 0 heterocycles. The minimum atomic E-state index is 0.225. The van der Waals surface area contributed by atoms with Crippen molar-refractivity contribution in [3.63, 3.8) is 0 Å². The van der Waals surface area contributed by atoms with Crippen molar-refractivity contribution < 1.29 is 14.2 Å². The lowest BCUT2D eigenvalue weighted by Gasteiger charge is -2.10. The number of benzene rings is 1. The van der Waals surface area contributed by atoms with Gasteiger partial charge in [-0.2, -0.15) is 0 Å². The summed E-state index contributed by atoms with van der Waals surface area (Å²) in [5.74, 6) is 0. The summed E-state index contributed by atoms with van der Waals surface area (Å²) in [6.45, 7) is 9.69. The van der Waals surface area contributed by atoms with Crippen LogP contribution in [0, 0.1) is 0 Å². The third kappa shape index (κ3) is 7.38. The van der Waals surface area contributed by atoms with Crippen LogP contribution in [0.4, 0.5) is 0 Å². The van der Waals surface area contributed by atoms with E-state index < -0.39 is 0 Å². The Morgan fingerprint density at radius 1 is 1.04 bits per heavy atom. The van der Waals surface area contributed by atoms with Crippen LogP contribution in [0.2, 0.25) is 0 Å². The van der Waals surface area contributed by atoms with Gasteiger partial charge in [0.15, 0.2) is 0 Å². The van der Waals surface area contributed by atoms with E-state index >= 15 is 0 Å². The second-order valence-corrected chi connectivity index (χ2v) is 5.76. The monoisotopic (exact) mass is 318 g/mol. The van der Waals surface area contributed by atoms with Crippen molar-refractivity contribution in [2.45, 2.75) is 46.6 Å². The lowest BCUT2D eigenvalue weighted by Crippen LogP contribution is -2.07. The fourth-order valence-electron chi connectivity index (χ4n) is 1.98. The third-order valence-electron chi connectivity index (χ3n) is 3.66. The minimum absolute atomic E-state index is 0.225. The van der Waals surface area contributed by atoms with E-state index in [9.17, 15) is 0 Å². The number of hydrogen-bond acceptors (Lipinski definition) is 3. The van der Waals surface area contributed by atoms with Crippen molar-refractivity contribution in [1.29, 1.82) is 0 Å². The van der Waals surface area contributed by atoms with Crippen molar-refractivity contribution >= 4 is 11.1 Å². The van der Waals surface area contributed by atoms with Crippen LogP contribution in [0.25, 0.3) is 11.1 Å². The van der Waals surface area contributed by atoms with Crippen LogP contribution in [0.1, 0.15) is 51.7 Å². The van der Waals surface area contributed by atoms with Gasteiger partial charge in [0.05, 0.1) is 31.8 Å². The fourth-order valence-corrected chi connectivity index (χ4v) is 1.98. The van der Waals surface area contributed by atoms with Gasteiger partial charge in [-0.3, -0.25) is 0 Å². The average Bonchev–Trinajstić information content (AvgIpc) is 2.58. The number of methoxy groups -OCH3 is 1. The van der Waals surface area contributed by atoms with Crippen LogP contribution in [-0.2, 0) is 14.2 Å². The Bertz CT molecular complexity index is 517. The summed E-state index contributed by atoms with van der Waals surface area (Å²) in [6.07, 6.45) is 5.79. The molecule has 1 aromatic carbocycles. The molecule has 3 heteroatoms. The van der Waals surface area contributed by atoms with Crippen molar-refractivity contribution in [3.8, 4) is 0 Å². The lowest BCUT2D eigenvalue weighted by molar-refractivity contribution is 0.0877. The Labute approximate surface area is 141 Å². The summed E-state index contributed by atoms with van der Waals surface area (Å²) in [5.41, 5.74) is 4.56. The molecule has 1 rings (SSSR count). The SMILES string of the molecule is CCCO/C=C(\C)c1cccc(/C(C)=C/OCCC(C)OC)c1. The molecule has 128 valence electrons. The quantitative estimate of drug-likeness (QED) is 0.434. The summed E-state index contributed by atoms with van der Waals surface area (Å²) in [7, 11) is 1.72. The predicted octanol–water partition coefficient (Wildman–Crippen LogP) is 5.28. The Kier molecular flexibility index (Phi) is 9.15. The largest absolute Gasteiger partial charge is 0.501 e. The highest BCUT2D eigenvalue weighted by molar-refractivity contribution is 5.70. The van der Waals surface area contributed by atoms with E-state index in [1.807, 2.05) is 19.4 Å². The van der Waals surface area contributed by atoms with Gasteiger partial charge in [-0.1, -0.05) is 25.1 Å². The molecule has 3 nitrogen and oxygen atoms in total. The molecule has 0 aliphatic heterocycles. The van der Waals surface area contributed by atoms with E-state index in [0.29, 0.717) is 6.61 Å². The molecular formula is C20H30O3. The summed E-state index contributed by atoms with van der Waals surface area (Å²) in [5, 5.41) is 0. The first-order valence-electron chi connectivity index (χ1n) is 8.28. The van der Waals surface area contributed by atoms with Crippen molar-refractivity contribution in [1.82, 2.24) is 0 Å². The molecule has 0 bridgehead atoms. The fraction of sp³-hybridized carbons (Fsp3) is 0.500. The first kappa shape index (κ1) is 19.3. The van der Waals surface area contributed by atoms with Crippen LogP contribution in [0.15, 0.2) is 36.8 Å². The Balaban J connectivity index is 2.66. The number of rotatable bonds is 10. The Morgan fingerprint density at radius 2 is 1.61 bits per heavy atom. The highest BCUT2D eigenvalue weighted by atomic mass is 16.5. The zero-order chi connectivity index (χ0) is 17.1. The predicted molar refractivity (Wildman–Crippen MR) is 97.0 cm³/mol. The second kappa shape index (κ2) is 10.9. The van der Waals surface area contributed by atoms with Gasteiger partial charge in [0.2, 0.25) is 0 Å². The van der Waals surface area contributed by atoms with Gasteiger partial charge in [0.25, 0.3) is 0 Å². The third-order valence-corrected chi connectivity index (χ3v) is 3.66. The van der Waals surface area contributed by atoms with Gasteiger partial charge in [-0.05, 0) is 55.5 Å². The van der Waals surface area contributed by atoms with Crippen molar-refractivity contribution in [3.05, 3.63) is 47.9 Å². The summed E-state index contributed by atoms with van der Waals surface area (Å²) in [6, 6.07) is 8.41. The summed E-state index contributed by atoms with van der Waals surface area (Å²) >= 11 is 0. The van der Waals surface area contributed by atoms with Gasteiger partial charge in [-0.15, -0.1) is 0 Å². The van der Waals surface area contributed by atoms with E-state index in [-0.39, 0.29) is 6.10 Å². The molecule has 0 spiro atoms. The molecule has 23 heavy (non-hydrogen) atoms. The maximum atomic E-state index is 5.62. The molecule has 0 aliphatic rings. The van der Waals surface area contributed by atoms with E-state index in [2.05, 4.69) is 45.0 Å². The molecule has 0 saturated heterocycles. The normalized spacial score (nSPS) is 13.8. The van der Waals surface area contributed by atoms with Crippen molar-refractivity contribution in [2.75, 3.05) is 20.3 Å². The molecule has 1 aromatic rings. The zero-order valence-corrected chi connectivity index (χ0v) is 15.1. The van der Waals surface area contributed by atoms with Crippen LogP contribution < -0.4 is 0 Å². The molecule has 0 aromatic heterocycles. The minimum Gasteiger partial charge on any atom is -0.501 e. The maximum Gasteiger partial charge on any atom is 0.0898 e. The lowest BCUT2D eigenvalue weighted by atomic mass is 10.0. The van der Waals surface area contributed by atoms with Crippen LogP contribution >= 0.6 is 0 Å². The van der Waals surface area contributed by atoms with Crippen LogP contribution in [0.5, 0.6) is 0 Å². The zero-order valence-electron chi connectivity index (χ0n) is 15.1. The molecule has 0 fully saturated rings. The van der Waals surface area contributed by atoms with Crippen LogP contribution in [-0.4, -0.2) is 26.4 Å². The summed E-state index contributed by atoms with van der Waals surface area (Å²) < 4.78 is 16.3. The Hall–Kier alpha value is -1.74. The molecule has 0 amide bonds. The van der Waals surface area contributed by atoms with E-state index in [0.717, 1.165) is 36.2 Å². The molecule has 0 N–H and O–H groups in total. The molecule has 1 atom stereocenters. The Morgan fingerprint density at radius 3 is 2.13 bits per heavy atom. The smallest absolute Gasteiger partial charge is 0.0898 e. The highest BCUT2D eigenvalue weighted by Gasteiger charge is 2.02. The average molecular weight is 318 g/mol. The van der Waals surface area contributed by atoms with Gasteiger partial charge >= 0.3 is 0 Å². The first-order chi connectivity index (χ1) is 11.1. The van der Waals surface area contributed by atoms with Crippen LogP contribution in [0.3, 0.4) is 0 Å². The van der Waals surface area contributed by atoms with Gasteiger partial charge < -0.3 is 14.2 Å². The van der Waals surface area contributed by atoms with E-state index in [1.54, 1.807) is 7.11 Å². The molecule has 0 aliphatic carbocycles. The van der Waals surface area contributed by atoms with Gasteiger partial charge in [-0.25, -0.2) is 0 Å². The van der Waals surface area contributed by atoms with Gasteiger partial charge in [0.1, 0.15) is 0 Å². The summed E-state index contributed by atoms with van der Waals surface area (Å²) in [4.78, 5) is 0. The maximum absolute atomic E-state index is 5.62. The number of ether oxygens (including phenoxy) is 3. The molecule has 1 unspecified atom stereocenters. The molecule has 0 radical (unpaired) electrons. The number of allylic oxidation sites excluding steroid dienone is 2. The first-order valence-corrected chi connectivity index (χ1v) is 8.28.